The van der Waals surface area contributed by atoms with Gasteiger partial charge in [0.2, 0.25) is 5.91 Å². The van der Waals surface area contributed by atoms with Crippen LogP contribution in [0.25, 0.3) is 0 Å². The van der Waals surface area contributed by atoms with Gasteiger partial charge >= 0.3 is 0 Å². The number of rotatable bonds is 6. The molecule has 6 heteroatoms. The molecule has 1 aliphatic heterocycles. The first-order chi connectivity index (χ1) is 11.1. The third-order valence-corrected chi connectivity index (χ3v) is 5.06. The summed E-state index contributed by atoms with van der Waals surface area (Å²) in [5.41, 5.74) is 1.08. The standard InChI is InChI=1S/C19H29N3O.2ClH/c1-21(2)18(16-6-4-3-5-7-16)19(23)22-12-10-17(11-13-22)20-14-15-8-9-15;;/h3-7,15,17-18,20H,8-14H2,1-2H3;2*1H. The van der Waals surface area contributed by atoms with Crippen molar-refractivity contribution < 1.29 is 4.79 Å². The van der Waals surface area contributed by atoms with Gasteiger partial charge in [-0.2, -0.15) is 0 Å². The molecular formula is C19H31Cl2N3O. The van der Waals surface area contributed by atoms with Gasteiger partial charge in [-0.15, -0.1) is 24.8 Å². The molecule has 2 fully saturated rings. The van der Waals surface area contributed by atoms with Crippen molar-refractivity contribution in [3.05, 3.63) is 35.9 Å². The summed E-state index contributed by atoms with van der Waals surface area (Å²) in [6.07, 6.45) is 4.94. The highest BCUT2D eigenvalue weighted by Gasteiger charge is 2.31. The predicted molar refractivity (Wildman–Crippen MR) is 108 cm³/mol. The number of nitrogens with one attached hydrogen (secondary N) is 1. The molecule has 2 aliphatic rings. The number of benzene rings is 1. The van der Waals surface area contributed by atoms with E-state index in [9.17, 15) is 4.79 Å². The first kappa shape index (κ1) is 22.2. The molecule has 3 rings (SSSR count). The third-order valence-electron chi connectivity index (χ3n) is 5.06. The van der Waals surface area contributed by atoms with Gasteiger partial charge in [-0.1, -0.05) is 30.3 Å². The molecule has 4 nitrogen and oxygen atoms in total. The average Bonchev–Trinajstić information content (AvgIpc) is 3.38. The fraction of sp³-hybridized carbons (Fsp3) is 0.632. The Labute approximate surface area is 164 Å². The molecule has 0 bridgehead atoms. The van der Waals surface area contributed by atoms with Crippen LogP contribution in [0.15, 0.2) is 30.3 Å². The third kappa shape index (κ3) is 6.14. The van der Waals surface area contributed by atoms with Crippen molar-refractivity contribution in [1.29, 1.82) is 0 Å². The number of amides is 1. The maximum atomic E-state index is 13.0. The monoisotopic (exact) mass is 387 g/mol. The van der Waals surface area contributed by atoms with E-state index < -0.39 is 0 Å². The van der Waals surface area contributed by atoms with E-state index in [0.29, 0.717) is 6.04 Å². The van der Waals surface area contributed by atoms with E-state index in [4.69, 9.17) is 0 Å². The minimum atomic E-state index is -0.174. The van der Waals surface area contributed by atoms with Gasteiger partial charge in [0, 0.05) is 19.1 Å². The van der Waals surface area contributed by atoms with E-state index in [1.54, 1.807) is 0 Å². The summed E-state index contributed by atoms with van der Waals surface area (Å²) < 4.78 is 0. The van der Waals surface area contributed by atoms with Crippen LogP contribution in [0.1, 0.15) is 37.3 Å². The van der Waals surface area contributed by atoms with E-state index in [2.05, 4.69) is 5.32 Å². The second kappa shape index (κ2) is 10.4. The number of hydrogen-bond acceptors (Lipinski definition) is 3. The van der Waals surface area contributed by atoms with Gasteiger partial charge in [0.25, 0.3) is 0 Å². The lowest BCUT2D eigenvalue weighted by Crippen LogP contribution is -2.48. The van der Waals surface area contributed by atoms with Crippen molar-refractivity contribution >= 4 is 30.7 Å². The minimum Gasteiger partial charge on any atom is -0.341 e. The molecule has 0 aromatic heterocycles. The second-order valence-corrected chi connectivity index (χ2v) is 7.23. The number of carbonyl (C=O) groups excluding carboxylic acids is 1. The first-order valence-corrected chi connectivity index (χ1v) is 8.88. The number of halogens is 2. The predicted octanol–water partition coefficient (Wildman–Crippen LogP) is 3.12. The van der Waals surface area contributed by atoms with Crippen LogP contribution in [-0.2, 0) is 4.79 Å². The van der Waals surface area contributed by atoms with Crippen LogP contribution in [0, 0.1) is 5.92 Å². The van der Waals surface area contributed by atoms with Gasteiger partial charge in [-0.05, 0) is 57.8 Å². The quantitative estimate of drug-likeness (QED) is 0.814. The number of likely N-dealkylation sites (N-methyl/N-ethyl adjacent to an activating group) is 1. The Morgan fingerprint density at radius 1 is 1.12 bits per heavy atom. The molecule has 25 heavy (non-hydrogen) atoms. The van der Waals surface area contributed by atoms with Gasteiger partial charge in [-0.3, -0.25) is 9.69 Å². The maximum Gasteiger partial charge on any atom is 0.244 e. The lowest BCUT2D eigenvalue weighted by Gasteiger charge is -2.36. The SMILES string of the molecule is CN(C)C(C(=O)N1CCC(NCC2CC2)CC1)c1ccccc1.Cl.Cl. The molecule has 0 spiro atoms. The second-order valence-electron chi connectivity index (χ2n) is 7.23. The topological polar surface area (TPSA) is 35.6 Å². The highest BCUT2D eigenvalue weighted by Crippen LogP contribution is 2.28. The van der Waals surface area contributed by atoms with Crippen LogP contribution < -0.4 is 5.32 Å². The van der Waals surface area contributed by atoms with Crippen LogP contribution in [-0.4, -0.2) is 55.5 Å². The van der Waals surface area contributed by atoms with Crippen molar-refractivity contribution in [3.8, 4) is 0 Å². The molecule has 1 atom stereocenters. The van der Waals surface area contributed by atoms with E-state index >= 15 is 0 Å². The van der Waals surface area contributed by atoms with E-state index in [-0.39, 0.29) is 36.8 Å². The lowest BCUT2D eigenvalue weighted by atomic mass is 10.0. The average molecular weight is 388 g/mol. The zero-order valence-electron chi connectivity index (χ0n) is 15.2. The lowest BCUT2D eigenvalue weighted by molar-refractivity contribution is -0.137. The highest BCUT2D eigenvalue weighted by atomic mass is 35.5. The fourth-order valence-electron chi connectivity index (χ4n) is 3.43. The molecule has 142 valence electrons. The Balaban J connectivity index is 0.00000156. The van der Waals surface area contributed by atoms with Crippen LogP contribution >= 0.6 is 24.8 Å². The Kier molecular flexibility index (Phi) is 9.22. The number of carbonyl (C=O) groups is 1. The van der Waals surface area contributed by atoms with Crippen molar-refractivity contribution in [3.63, 3.8) is 0 Å². The summed E-state index contributed by atoms with van der Waals surface area (Å²) >= 11 is 0. The number of nitrogens with zero attached hydrogens (tertiary/aromatic N) is 2. The Morgan fingerprint density at radius 2 is 1.72 bits per heavy atom. The van der Waals surface area contributed by atoms with E-state index in [1.807, 2.05) is 54.2 Å². The van der Waals surface area contributed by atoms with Crippen molar-refractivity contribution in [2.45, 2.75) is 37.8 Å². The normalized spacial score (nSPS) is 19.1. The van der Waals surface area contributed by atoms with Gasteiger partial charge in [0.1, 0.15) is 6.04 Å². The number of hydrogen-bond donors (Lipinski definition) is 1. The van der Waals surface area contributed by atoms with Gasteiger partial charge in [0.05, 0.1) is 0 Å². The number of piperidine rings is 1. The Morgan fingerprint density at radius 3 is 2.24 bits per heavy atom. The molecule has 1 unspecified atom stereocenters. The molecule has 1 heterocycles. The van der Waals surface area contributed by atoms with Crippen LogP contribution in [0.5, 0.6) is 0 Å². The van der Waals surface area contributed by atoms with E-state index in [1.165, 1.54) is 19.4 Å². The molecule has 1 N–H and O–H groups in total. The highest BCUT2D eigenvalue weighted by molar-refractivity contribution is 5.85. The fourth-order valence-corrected chi connectivity index (χ4v) is 3.43. The molecule has 0 radical (unpaired) electrons. The van der Waals surface area contributed by atoms with Crippen molar-refractivity contribution in [2.24, 2.45) is 5.92 Å². The largest absolute Gasteiger partial charge is 0.341 e. The zero-order chi connectivity index (χ0) is 16.2. The Hall–Kier alpha value is -0.810. The summed E-state index contributed by atoms with van der Waals surface area (Å²) in [4.78, 5) is 17.1. The molecule has 1 aliphatic carbocycles. The van der Waals surface area contributed by atoms with Crippen LogP contribution in [0.3, 0.4) is 0 Å². The summed E-state index contributed by atoms with van der Waals surface area (Å²) in [5.74, 6) is 1.16. The van der Waals surface area contributed by atoms with Gasteiger partial charge in [-0.25, -0.2) is 0 Å². The molecule has 1 saturated carbocycles. The molecule has 1 saturated heterocycles. The molecular weight excluding hydrogens is 357 g/mol. The summed E-state index contributed by atoms with van der Waals surface area (Å²) in [5, 5.41) is 3.68. The van der Waals surface area contributed by atoms with Crippen LogP contribution in [0.2, 0.25) is 0 Å². The summed E-state index contributed by atoms with van der Waals surface area (Å²) in [6.45, 7) is 2.92. The summed E-state index contributed by atoms with van der Waals surface area (Å²) in [6, 6.07) is 10.5. The zero-order valence-corrected chi connectivity index (χ0v) is 16.8. The van der Waals surface area contributed by atoms with Gasteiger partial charge in [0.15, 0.2) is 0 Å². The van der Waals surface area contributed by atoms with Crippen molar-refractivity contribution in [1.82, 2.24) is 15.1 Å². The van der Waals surface area contributed by atoms with Crippen molar-refractivity contribution in [2.75, 3.05) is 33.7 Å². The van der Waals surface area contributed by atoms with Gasteiger partial charge < -0.3 is 10.2 Å². The van der Waals surface area contributed by atoms with E-state index in [0.717, 1.165) is 37.4 Å². The summed E-state index contributed by atoms with van der Waals surface area (Å²) in [7, 11) is 3.97. The molecule has 1 aromatic rings. The maximum absolute atomic E-state index is 13.0. The van der Waals surface area contributed by atoms with Crippen LogP contribution in [0.4, 0.5) is 0 Å². The number of likely N-dealkylation sites (tertiary alicyclic amines) is 1. The molecule has 1 aromatic carbocycles. The smallest absolute Gasteiger partial charge is 0.244 e. The molecule has 1 amide bonds. The minimum absolute atomic E-state index is 0. The Bertz CT molecular complexity index is 515. The first-order valence-electron chi connectivity index (χ1n) is 8.88.